The van der Waals surface area contributed by atoms with Gasteiger partial charge in [0.2, 0.25) is 10.0 Å². The first-order valence-corrected chi connectivity index (χ1v) is 9.14. The number of nitrogens with one attached hydrogen (secondary N) is 2. The highest BCUT2D eigenvalue weighted by atomic mass is 32.2. The molecule has 5 nitrogen and oxygen atoms in total. The van der Waals surface area contributed by atoms with Gasteiger partial charge in [-0.05, 0) is 55.3 Å². The van der Waals surface area contributed by atoms with E-state index in [1.165, 1.54) is 24.3 Å². The number of hydrogen-bond acceptors (Lipinski definition) is 3. The number of halogens is 1. The lowest BCUT2D eigenvalue weighted by Crippen LogP contribution is -2.18. The zero-order chi connectivity index (χ0) is 17.7. The van der Waals surface area contributed by atoms with E-state index in [9.17, 15) is 17.6 Å². The van der Waals surface area contributed by atoms with E-state index < -0.39 is 21.7 Å². The molecular weight excluding hydrogens is 331 g/mol. The van der Waals surface area contributed by atoms with E-state index in [0.29, 0.717) is 28.9 Å². The Bertz CT molecular complexity index is 833. The SMILES string of the molecule is CCCS(=O)(=O)Nc1cccc(NC(=O)c2ccc(F)cc2)c1C. The van der Waals surface area contributed by atoms with E-state index in [-0.39, 0.29) is 5.75 Å². The molecule has 0 atom stereocenters. The van der Waals surface area contributed by atoms with E-state index in [1.54, 1.807) is 32.0 Å². The molecule has 0 aliphatic carbocycles. The Morgan fingerprint density at radius 2 is 1.71 bits per heavy atom. The summed E-state index contributed by atoms with van der Waals surface area (Å²) in [6, 6.07) is 10.1. The molecule has 128 valence electrons. The first-order valence-electron chi connectivity index (χ1n) is 7.49. The maximum Gasteiger partial charge on any atom is 0.255 e. The van der Waals surface area contributed by atoms with Gasteiger partial charge in [-0.15, -0.1) is 0 Å². The highest BCUT2D eigenvalue weighted by molar-refractivity contribution is 7.92. The standard InChI is InChI=1S/C17H19FN2O3S/c1-3-11-24(22,23)20-16-6-4-5-15(12(16)2)19-17(21)13-7-9-14(18)10-8-13/h4-10,20H,3,11H2,1-2H3,(H,19,21). The van der Waals surface area contributed by atoms with Crippen LogP contribution in [0, 0.1) is 12.7 Å². The predicted octanol–water partition coefficient (Wildman–Crippen LogP) is 3.54. The van der Waals surface area contributed by atoms with Crippen molar-refractivity contribution in [2.24, 2.45) is 0 Å². The monoisotopic (exact) mass is 350 g/mol. The smallest absolute Gasteiger partial charge is 0.255 e. The van der Waals surface area contributed by atoms with Crippen molar-refractivity contribution >= 4 is 27.3 Å². The van der Waals surface area contributed by atoms with Crippen molar-refractivity contribution in [2.75, 3.05) is 15.8 Å². The van der Waals surface area contributed by atoms with Gasteiger partial charge in [0.1, 0.15) is 5.82 Å². The van der Waals surface area contributed by atoms with Crippen LogP contribution >= 0.6 is 0 Å². The summed E-state index contributed by atoms with van der Waals surface area (Å²) in [5.74, 6) is -0.791. The fraction of sp³-hybridized carbons (Fsp3) is 0.235. The van der Waals surface area contributed by atoms with Crippen molar-refractivity contribution in [1.82, 2.24) is 0 Å². The van der Waals surface area contributed by atoms with Gasteiger partial charge in [0, 0.05) is 11.3 Å². The van der Waals surface area contributed by atoms with Crippen LogP contribution in [0.2, 0.25) is 0 Å². The van der Waals surface area contributed by atoms with Gasteiger partial charge in [0.05, 0.1) is 11.4 Å². The molecule has 2 aromatic carbocycles. The molecule has 0 aliphatic rings. The Labute approximate surface area is 141 Å². The zero-order valence-electron chi connectivity index (χ0n) is 13.5. The van der Waals surface area contributed by atoms with Gasteiger partial charge in [-0.3, -0.25) is 9.52 Å². The van der Waals surface area contributed by atoms with Crippen molar-refractivity contribution < 1.29 is 17.6 Å². The summed E-state index contributed by atoms with van der Waals surface area (Å²) >= 11 is 0. The summed E-state index contributed by atoms with van der Waals surface area (Å²) in [5, 5.41) is 2.71. The molecule has 0 saturated heterocycles. The maximum atomic E-state index is 12.9. The molecular formula is C17H19FN2O3S. The molecule has 0 aromatic heterocycles. The third kappa shape index (κ3) is 4.55. The molecule has 2 N–H and O–H groups in total. The molecule has 0 spiro atoms. The molecule has 0 bridgehead atoms. The minimum atomic E-state index is -3.41. The molecule has 0 heterocycles. The Morgan fingerprint density at radius 1 is 1.08 bits per heavy atom. The van der Waals surface area contributed by atoms with Crippen LogP contribution in [0.15, 0.2) is 42.5 Å². The lowest BCUT2D eigenvalue weighted by Gasteiger charge is -2.14. The summed E-state index contributed by atoms with van der Waals surface area (Å²) in [4.78, 5) is 12.2. The molecule has 1 amide bonds. The summed E-state index contributed by atoms with van der Waals surface area (Å²) in [7, 11) is -3.41. The minimum absolute atomic E-state index is 0.0264. The van der Waals surface area contributed by atoms with Crippen molar-refractivity contribution in [3.63, 3.8) is 0 Å². The van der Waals surface area contributed by atoms with E-state index in [1.807, 2.05) is 0 Å². The number of anilines is 2. The summed E-state index contributed by atoms with van der Waals surface area (Å²) in [6.07, 6.45) is 0.509. The van der Waals surface area contributed by atoms with Crippen LogP contribution in [0.25, 0.3) is 0 Å². The molecule has 0 radical (unpaired) electrons. The first kappa shape index (κ1) is 17.9. The van der Waals surface area contributed by atoms with E-state index in [0.717, 1.165) is 0 Å². The summed E-state index contributed by atoms with van der Waals surface area (Å²) in [6.45, 7) is 3.50. The molecule has 2 aromatic rings. The number of hydrogen-bond donors (Lipinski definition) is 2. The van der Waals surface area contributed by atoms with Crippen LogP contribution in [0.3, 0.4) is 0 Å². The quantitative estimate of drug-likeness (QED) is 0.837. The highest BCUT2D eigenvalue weighted by Gasteiger charge is 2.14. The zero-order valence-corrected chi connectivity index (χ0v) is 14.3. The number of amides is 1. The van der Waals surface area contributed by atoms with Crippen LogP contribution < -0.4 is 10.0 Å². The maximum absolute atomic E-state index is 12.9. The van der Waals surface area contributed by atoms with Crippen LogP contribution in [-0.4, -0.2) is 20.1 Å². The van der Waals surface area contributed by atoms with E-state index in [2.05, 4.69) is 10.0 Å². The number of carbonyl (C=O) groups is 1. The van der Waals surface area contributed by atoms with Gasteiger partial charge >= 0.3 is 0 Å². The Hall–Kier alpha value is -2.41. The molecule has 0 unspecified atom stereocenters. The third-order valence-electron chi connectivity index (χ3n) is 3.43. The molecule has 24 heavy (non-hydrogen) atoms. The second kappa shape index (κ2) is 7.44. The average Bonchev–Trinajstić information content (AvgIpc) is 2.51. The Morgan fingerprint density at radius 3 is 2.33 bits per heavy atom. The summed E-state index contributed by atoms with van der Waals surface area (Å²) in [5.41, 5.74) is 1.82. The van der Waals surface area contributed by atoms with Crippen molar-refractivity contribution in [2.45, 2.75) is 20.3 Å². The molecule has 0 saturated carbocycles. The van der Waals surface area contributed by atoms with Crippen molar-refractivity contribution in [1.29, 1.82) is 0 Å². The van der Waals surface area contributed by atoms with Crippen LogP contribution in [0.1, 0.15) is 29.3 Å². The van der Waals surface area contributed by atoms with Crippen LogP contribution in [-0.2, 0) is 10.0 Å². The number of sulfonamides is 1. The Kier molecular flexibility index (Phi) is 5.56. The molecule has 0 fully saturated rings. The first-order chi connectivity index (χ1) is 11.3. The van der Waals surface area contributed by atoms with E-state index in [4.69, 9.17) is 0 Å². The van der Waals surface area contributed by atoms with Crippen LogP contribution in [0.5, 0.6) is 0 Å². The highest BCUT2D eigenvalue weighted by Crippen LogP contribution is 2.25. The predicted molar refractivity (Wildman–Crippen MR) is 93.2 cm³/mol. The second-order valence-corrected chi connectivity index (χ2v) is 7.20. The number of rotatable bonds is 6. The largest absolute Gasteiger partial charge is 0.322 e. The van der Waals surface area contributed by atoms with Gasteiger partial charge in [-0.2, -0.15) is 0 Å². The van der Waals surface area contributed by atoms with Gasteiger partial charge in [0.15, 0.2) is 0 Å². The van der Waals surface area contributed by atoms with Crippen molar-refractivity contribution in [3.8, 4) is 0 Å². The normalized spacial score (nSPS) is 11.1. The topological polar surface area (TPSA) is 75.3 Å². The summed E-state index contributed by atoms with van der Waals surface area (Å²) < 4.78 is 39.2. The van der Waals surface area contributed by atoms with Gasteiger partial charge in [0.25, 0.3) is 5.91 Å². The fourth-order valence-electron chi connectivity index (χ4n) is 2.16. The van der Waals surface area contributed by atoms with Gasteiger partial charge < -0.3 is 5.32 Å². The fourth-order valence-corrected chi connectivity index (χ4v) is 3.36. The molecule has 2 rings (SSSR count). The van der Waals surface area contributed by atoms with Gasteiger partial charge in [-0.25, -0.2) is 12.8 Å². The second-order valence-electron chi connectivity index (χ2n) is 5.36. The molecule has 7 heteroatoms. The van der Waals surface area contributed by atoms with E-state index >= 15 is 0 Å². The minimum Gasteiger partial charge on any atom is -0.322 e. The molecule has 0 aliphatic heterocycles. The Balaban J connectivity index is 2.21. The van der Waals surface area contributed by atoms with Crippen molar-refractivity contribution in [3.05, 3.63) is 59.4 Å². The third-order valence-corrected chi connectivity index (χ3v) is 4.90. The number of benzene rings is 2. The lowest BCUT2D eigenvalue weighted by atomic mass is 10.1. The lowest BCUT2D eigenvalue weighted by molar-refractivity contribution is 0.102. The van der Waals surface area contributed by atoms with Crippen LogP contribution in [0.4, 0.5) is 15.8 Å². The van der Waals surface area contributed by atoms with Gasteiger partial charge in [-0.1, -0.05) is 13.0 Å². The number of carbonyl (C=O) groups excluding carboxylic acids is 1. The average molecular weight is 350 g/mol.